The zero-order chi connectivity index (χ0) is 15.3. The average Bonchev–Trinajstić information content (AvgIpc) is 2.89. The number of aryl methyl sites for hydroxylation is 1. The molecule has 0 radical (unpaired) electrons. The second-order valence-corrected chi connectivity index (χ2v) is 7.83. The highest BCUT2D eigenvalue weighted by molar-refractivity contribution is 7.89. The summed E-state index contributed by atoms with van der Waals surface area (Å²) in [5, 5.41) is 3.16. The van der Waals surface area contributed by atoms with Crippen molar-refractivity contribution in [1.29, 1.82) is 0 Å². The molecule has 2 rings (SSSR count). The quantitative estimate of drug-likeness (QED) is 0.823. The number of thiophene rings is 1. The molecule has 4 nitrogen and oxygen atoms in total. The van der Waals surface area contributed by atoms with Gasteiger partial charge in [0.2, 0.25) is 10.0 Å². The van der Waals surface area contributed by atoms with Crippen LogP contribution in [0.1, 0.15) is 22.2 Å². The van der Waals surface area contributed by atoms with Gasteiger partial charge in [0.25, 0.3) is 0 Å². The summed E-state index contributed by atoms with van der Waals surface area (Å²) in [6, 6.07) is 11.0. The normalized spacial score (nSPS) is 11.7. The van der Waals surface area contributed by atoms with Gasteiger partial charge in [0.15, 0.2) is 0 Å². The molecule has 0 fully saturated rings. The molecule has 0 aliphatic rings. The molecule has 0 unspecified atom stereocenters. The van der Waals surface area contributed by atoms with Crippen LogP contribution in [-0.4, -0.2) is 15.0 Å². The van der Waals surface area contributed by atoms with Gasteiger partial charge in [-0.2, -0.15) is 0 Å². The van der Waals surface area contributed by atoms with Gasteiger partial charge in [-0.15, -0.1) is 11.3 Å². The van der Waals surface area contributed by atoms with Crippen molar-refractivity contribution in [3.63, 3.8) is 0 Å². The van der Waals surface area contributed by atoms with E-state index in [0.717, 1.165) is 17.0 Å². The molecule has 0 bridgehead atoms. The van der Waals surface area contributed by atoms with Crippen LogP contribution in [0.5, 0.6) is 0 Å². The number of rotatable bonds is 7. The average molecular weight is 324 g/mol. The first kappa shape index (κ1) is 16.2. The molecule has 0 aliphatic heterocycles. The van der Waals surface area contributed by atoms with Crippen molar-refractivity contribution in [1.82, 2.24) is 10.0 Å². The second-order valence-electron chi connectivity index (χ2n) is 4.72. The monoisotopic (exact) mass is 324 g/mol. The Balaban J connectivity index is 2.15. The fourth-order valence-electron chi connectivity index (χ4n) is 2.00. The minimum Gasteiger partial charge on any atom is -0.313 e. The summed E-state index contributed by atoms with van der Waals surface area (Å²) >= 11 is 1.60. The van der Waals surface area contributed by atoms with Gasteiger partial charge in [-0.3, -0.25) is 0 Å². The predicted molar refractivity (Wildman–Crippen MR) is 86.9 cm³/mol. The first-order chi connectivity index (χ1) is 10.0. The molecule has 0 spiro atoms. The van der Waals surface area contributed by atoms with E-state index in [9.17, 15) is 8.42 Å². The zero-order valence-electron chi connectivity index (χ0n) is 12.2. The van der Waals surface area contributed by atoms with E-state index in [1.807, 2.05) is 38.1 Å². The predicted octanol–water partition coefficient (Wildman–Crippen LogP) is 2.64. The maximum absolute atomic E-state index is 12.5. The summed E-state index contributed by atoms with van der Waals surface area (Å²) < 4.78 is 27.6. The Kier molecular flexibility index (Phi) is 5.52. The molecule has 0 saturated heterocycles. The van der Waals surface area contributed by atoms with E-state index >= 15 is 0 Å². The van der Waals surface area contributed by atoms with Gasteiger partial charge in [0.1, 0.15) is 0 Å². The van der Waals surface area contributed by atoms with Crippen LogP contribution in [0.4, 0.5) is 0 Å². The molecule has 0 saturated carbocycles. The third-order valence-corrected chi connectivity index (χ3v) is 5.56. The summed E-state index contributed by atoms with van der Waals surface area (Å²) in [5.74, 6) is 0. The van der Waals surface area contributed by atoms with Gasteiger partial charge >= 0.3 is 0 Å². The largest absolute Gasteiger partial charge is 0.313 e. The van der Waals surface area contributed by atoms with Crippen molar-refractivity contribution in [2.75, 3.05) is 6.54 Å². The molecule has 0 amide bonds. The first-order valence-corrected chi connectivity index (χ1v) is 9.16. The SMILES string of the molecule is CCNCc1ccccc1S(=O)(=O)NCc1ccc(C)s1. The lowest BCUT2D eigenvalue weighted by molar-refractivity contribution is 0.579. The maximum atomic E-state index is 12.5. The lowest BCUT2D eigenvalue weighted by Gasteiger charge is -2.11. The Hall–Kier alpha value is -1.21. The van der Waals surface area contributed by atoms with Crippen LogP contribution >= 0.6 is 11.3 Å². The molecule has 2 aromatic rings. The Labute approximate surface area is 130 Å². The van der Waals surface area contributed by atoms with E-state index in [2.05, 4.69) is 10.0 Å². The van der Waals surface area contributed by atoms with Crippen molar-refractivity contribution in [2.24, 2.45) is 0 Å². The fourth-order valence-corrected chi connectivity index (χ4v) is 4.16. The molecular weight excluding hydrogens is 304 g/mol. The molecule has 21 heavy (non-hydrogen) atoms. The van der Waals surface area contributed by atoms with Crippen molar-refractivity contribution >= 4 is 21.4 Å². The molecule has 1 aromatic carbocycles. The van der Waals surface area contributed by atoms with Gasteiger partial charge in [0.05, 0.1) is 4.90 Å². The third kappa shape index (κ3) is 4.38. The van der Waals surface area contributed by atoms with Gasteiger partial charge < -0.3 is 5.32 Å². The minimum absolute atomic E-state index is 0.330. The van der Waals surface area contributed by atoms with E-state index in [1.165, 1.54) is 4.88 Å². The molecule has 0 aliphatic carbocycles. The summed E-state index contributed by atoms with van der Waals surface area (Å²) in [4.78, 5) is 2.54. The first-order valence-electron chi connectivity index (χ1n) is 6.86. The summed E-state index contributed by atoms with van der Waals surface area (Å²) in [6.07, 6.45) is 0. The van der Waals surface area contributed by atoms with Crippen molar-refractivity contribution < 1.29 is 8.42 Å². The van der Waals surface area contributed by atoms with Crippen LogP contribution < -0.4 is 10.0 Å². The number of sulfonamides is 1. The Morgan fingerprint density at radius 2 is 1.86 bits per heavy atom. The number of nitrogens with one attached hydrogen (secondary N) is 2. The molecule has 2 N–H and O–H groups in total. The zero-order valence-corrected chi connectivity index (χ0v) is 13.9. The minimum atomic E-state index is -3.49. The summed E-state index contributed by atoms with van der Waals surface area (Å²) in [5.41, 5.74) is 0.786. The second kappa shape index (κ2) is 7.17. The molecule has 0 atom stereocenters. The smallest absolute Gasteiger partial charge is 0.241 e. The molecule has 1 heterocycles. The topological polar surface area (TPSA) is 58.2 Å². The van der Waals surface area contributed by atoms with E-state index in [0.29, 0.717) is 18.0 Å². The van der Waals surface area contributed by atoms with Crippen LogP contribution in [0.3, 0.4) is 0 Å². The van der Waals surface area contributed by atoms with E-state index in [4.69, 9.17) is 0 Å². The van der Waals surface area contributed by atoms with Crippen LogP contribution in [0.25, 0.3) is 0 Å². The lowest BCUT2D eigenvalue weighted by atomic mass is 10.2. The van der Waals surface area contributed by atoms with Crippen LogP contribution in [-0.2, 0) is 23.1 Å². The van der Waals surface area contributed by atoms with Crippen LogP contribution in [0, 0.1) is 6.92 Å². The Morgan fingerprint density at radius 3 is 2.52 bits per heavy atom. The Morgan fingerprint density at radius 1 is 1.10 bits per heavy atom. The highest BCUT2D eigenvalue weighted by Crippen LogP contribution is 2.18. The number of benzene rings is 1. The van der Waals surface area contributed by atoms with E-state index < -0.39 is 10.0 Å². The van der Waals surface area contributed by atoms with Crippen molar-refractivity contribution in [3.05, 3.63) is 51.7 Å². The van der Waals surface area contributed by atoms with Crippen molar-refractivity contribution in [3.8, 4) is 0 Å². The molecule has 1 aromatic heterocycles. The standard InChI is InChI=1S/C15H20N2O2S2/c1-3-16-10-13-6-4-5-7-15(13)21(18,19)17-11-14-9-8-12(2)20-14/h4-9,16-17H,3,10-11H2,1-2H3. The van der Waals surface area contributed by atoms with Crippen LogP contribution in [0.15, 0.2) is 41.3 Å². The molecular formula is C15H20N2O2S2. The highest BCUT2D eigenvalue weighted by atomic mass is 32.2. The molecule has 6 heteroatoms. The Bertz CT molecular complexity index is 693. The number of hydrogen-bond donors (Lipinski definition) is 2. The van der Waals surface area contributed by atoms with Crippen LogP contribution in [0.2, 0.25) is 0 Å². The number of hydrogen-bond acceptors (Lipinski definition) is 4. The van der Waals surface area contributed by atoms with E-state index in [1.54, 1.807) is 23.5 Å². The van der Waals surface area contributed by atoms with E-state index in [-0.39, 0.29) is 0 Å². The van der Waals surface area contributed by atoms with Gasteiger partial charge in [-0.05, 0) is 37.2 Å². The van der Waals surface area contributed by atoms with Gasteiger partial charge in [-0.25, -0.2) is 13.1 Å². The third-order valence-electron chi connectivity index (χ3n) is 3.06. The summed E-state index contributed by atoms with van der Waals surface area (Å²) in [7, 11) is -3.49. The fraction of sp³-hybridized carbons (Fsp3) is 0.333. The highest BCUT2D eigenvalue weighted by Gasteiger charge is 2.17. The maximum Gasteiger partial charge on any atom is 0.241 e. The molecule has 114 valence electrons. The van der Waals surface area contributed by atoms with Crippen molar-refractivity contribution in [2.45, 2.75) is 31.8 Å². The van der Waals surface area contributed by atoms with Gasteiger partial charge in [-0.1, -0.05) is 25.1 Å². The lowest BCUT2D eigenvalue weighted by Crippen LogP contribution is -2.25. The summed E-state index contributed by atoms with van der Waals surface area (Å²) in [6.45, 7) is 5.68. The van der Waals surface area contributed by atoms with Gasteiger partial charge in [0, 0.05) is 22.8 Å².